The lowest BCUT2D eigenvalue weighted by Gasteiger charge is -2.15. The second-order valence-corrected chi connectivity index (χ2v) is 9.18. The molecule has 3 N–H and O–H groups in total. The van der Waals surface area contributed by atoms with Gasteiger partial charge in [0.25, 0.3) is 5.91 Å². The lowest BCUT2D eigenvalue weighted by Crippen LogP contribution is -2.37. The van der Waals surface area contributed by atoms with Gasteiger partial charge in [-0.05, 0) is 30.5 Å². The van der Waals surface area contributed by atoms with Gasteiger partial charge in [0.05, 0.1) is 11.8 Å². The number of benzene rings is 2. The molecule has 2 aromatic rings. The third-order valence-corrected chi connectivity index (χ3v) is 6.32. The molecule has 0 radical (unpaired) electrons. The first-order valence-electron chi connectivity index (χ1n) is 9.84. The van der Waals surface area contributed by atoms with Gasteiger partial charge in [0.1, 0.15) is 17.2 Å². The van der Waals surface area contributed by atoms with Gasteiger partial charge in [-0.2, -0.15) is 0 Å². The first-order valence-corrected chi connectivity index (χ1v) is 11.5. The summed E-state index contributed by atoms with van der Waals surface area (Å²) in [5, 5.41) is 21.4. The van der Waals surface area contributed by atoms with Crippen LogP contribution in [0.1, 0.15) is 30.9 Å². The van der Waals surface area contributed by atoms with E-state index in [2.05, 4.69) is 5.16 Å². The van der Waals surface area contributed by atoms with E-state index in [9.17, 15) is 18.5 Å². The normalized spacial score (nSPS) is 18.6. The van der Waals surface area contributed by atoms with E-state index in [1.54, 1.807) is 19.1 Å². The van der Waals surface area contributed by atoms with Gasteiger partial charge < -0.3 is 9.94 Å². The summed E-state index contributed by atoms with van der Waals surface area (Å²) in [4.78, 5) is 17.0. The molecular formula is C22H25FN2O5S. The smallest absolute Gasteiger partial charge is 0.259 e. The number of nitrogens with zero attached hydrogens (tertiary/aromatic N) is 1. The number of hydrogen-bond donors (Lipinski definition) is 3. The van der Waals surface area contributed by atoms with Crippen LogP contribution in [0.3, 0.4) is 0 Å². The van der Waals surface area contributed by atoms with Gasteiger partial charge in [-0.15, -0.1) is 0 Å². The summed E-state index contributed by atoms with van der Waals surface area (Å²) < 4.78 is 26.6. The van der Waals surface area contributed by atoms with E-state index in [1.807, 2.05) is 24.3 Å². The maximum absolute atomic E-state index is 14.8. The molecule has 0 saturated heterocycles. The van der Waals surface area contributed by atoms with E-state index in [0.717, 1.165) is 11.1 Å². The van der Waals surface area contributed by atoms with Crippen molar-refractivity contribution >= 4 is 22.4 Å². The van der Waals surface area contributed by atoms with Crippen LogP contribution in [-0.2, 0) is 26.9 Å². The number of hydrogen-bond acceptors (Lipinski definition) is 6. The van der Waals surface area contributed by atoms with E-state index < -0.39 is 40.0 Å². The van der Waals surface area contributed by atoms with Crippen LogP contribution in [0.4, 0.5) is 4.39 Å². The molecule has 3 rings (SSSR count). The number of aliphatic hydroxyl groups excluding tert-OH is 1. The number of amides is 1. The Kier molecular flexibility index (Phi) is 7.53. The molecular weight excluding hydrogens is 423 g/mol. The lowest BCUT2D eigenvalue weighted by molar-refractivity contribution is -0.129. The Labute approximate surface area is 182 Å². The van der Waals surface area contributed by atoms with Crippen molar-refractivity contribution < 1.29 is 28.5 Å². The van der Waals surface area contributed by atoms with E-state index in [4.69, 9.17) is 10.0 Å². The minimum Gasteiger partial charge on any atom is -0.393 e. The summed E-state index contributed by atoms with van der Waals surface area (Å²) >= 11 is 0. The number of hydroxylamine groups is 1. The van der Waals surface area contributed by atoms with Crippen molar-refractivity contribution in [3.8, 4) is 11.1 Å². The molecule has 0 saturated carbocycles. The molecule has 1 aliphatic rings. The number of nitrogens with one attached hydrogen (secondary N) is 1. The van der Waals surface area contributed by atoms with Gasteiger partial charge in [0.15, 0.2) is 0 Å². The number of aliphatic hydroxyl groups is 1. The van der Waals surface area contributed by atoms with Gasteiger partial charge in [-0.25, -0.2) is 9.87 Å². The standard InChI is InChI=1S/C22H25FN2O5S/c1-13(26)9-14-3-5-15(6-4-14)18-8-7-16(10-19(18)23)20-11-17(30-25-20)12-21(31(2)29)22(27)24-28/h3-8,10,13,17,21,26,28H,9,11-12H2,1-2H3,(H,24,27). The van der Waals surface area contributed by atoms with E-state index in [0.29, 0.717) is 29.7 Å². The van der Waals surface area contributed by atoms with E-state index in [1.165, 1.54) is 17.8 Å². The van der Waals surface area contributed by atoms with Gasteiger partial charge in [-0.3, -0.25) is 14.2 Å². The maximum atomic E-state index is 14.8. The summed E-state index contributed by atoms with van der Waals surface area (Å²) in [6.07, 6.45) is 1.42. The average molecular weight is 449 g/mol. The maximum Gasteiger partial charge on any atom is 0.259 e. The summed E-state index contributed by atoms with van der Waals surface area (Å²) in [6, 6.07) is 12.2. The van der Waals surface area contributed by atoms with Crippen molar-refractivity contribution in [2.24, 2.45) is 5.16 Å². The molecule has 31 heavy (non-hydrogen) atoms. The highest BCUT2D eigenvalue weighted by Gasteiger charge is 2.31. The average Bonchev–Trinajstić information content (AvgIpc) is 3.20. The third-order valence-electron chi connectivity index (χ3n) is 5.11. The van der Waals surface area contributed by atoms with Crippen molar-refractivity contribution in [2.45, 2.75) is 43.6 Å². The highest BCUT2D eigenvalue weighted by Crippen LogP contribution is 2.27. The number of halogens is 1. The Hall–Kier alpha value is -2.62. The molecule has 1 aliphatic heterocycles. The van der Waals surface area contributed by atoms with Crippen molar-refractivity contribution in [3.63, 3.8) is 0 Å². The molecule has 0 bridgehead atoms. The topological polar surface area (TPSA) is 108 Å². The third kappa shape index (κ3) is 5.75. The summed E-state index contributed by atoms with van der Waals surface area (Å²) in [5.41, 5.74) is 4.77. The fourth-order valence-electron chi connectivity index (χ4n) is 3.52. The highest BCUT2D eigenvalue weighted by atomic mass is 32.2. The molecule has 1 heterocycles. The van der Waals surface area contributed by atoms with Crippen LogP contribution in [0.5, 0.6) is 0 Å². The number of carbonyl (C=O) groups is 1. The molecule has 1 amide bonds. The highest BCUT2D eigenvalue weighted by molar-refractivity contribution is 7.85. The zero-order chi connectivity index (χ0) is 22.5. The molecule has 4 unspecified atom stereocenters. The molecule has 9 heteroatoms. The summed E-state index contributed by atoms with van der Waals surface area (Å²) in [6.45, 7) is 1.72. The number of rotatable bonds is 8. The zero-order valence-corrected chi connectivity index (χ0v) is 18.1. The van der Waals surface area contributed by atoms with Crippen molar-refractivity contribution in [1.29, 1.82) is 0 Å². The number of oxime groups is 1. The predicted molar refractivity (Wildman–Crippen MR) is 116 cm³/mol. The fourth-order valence-corrected chi connectivity index (χ4v) is 4.36. The predicted octanol–water partition coefficient (Wildman–Crippen LogP) is 2.55. The Balaban J connectivity index is 1.69. The fraction of sp³-hybridized carbons (Fsp3) is 0.364. The Morgan fingerprint density at radius 3 is 2.55 bits per heavy atom. The molecule has 7 nitrogen and oxygen atoms in total. The minimum absolute atomic E-state index is 0.113. The van der Waals surface area contributed by atoms with Gasteiger partial charge in [0, 0.05) is 41.0 Å². The molecule has 0 fully saturated rings. The first kappa shape index (κ1) is 23.1. The monoisotopic (exact) mass is 448 g/mol. The van der Waals surface area contributed by atoms with E-state index in [-0.39, 0.29) is 6.42 Å². The molecule has 0 spiro atoms. The first-order chi connectivity index (χ1) is 14.8. The summed E-state index contributed by atoms with van der Waals surface area (Å²) in [5.74, 6) is -1.15. The van der Waals surface area contributed by atoms with Crippen molar-refractivity contribution in [2.75, 3.05) is 6.26 Å². The van der Waals surface area contributed by atoms with Crippen LogP contribution in [0.25, 0.3) is 11.1 Å². The molecule has 0 aromatic heterocycles. The molecule has 0 aliphatic carbocycles. The van der Waals surface area contributed by atoms with Crippen LogP contribution < -0.4 is 5.48 Å². The Morgan fingerprint density at radius 1 is 1.29 bits per heavy atom. The van der Waals surface area contributed by atoms with Gasteiger partial charge in [-0.1, -0.05) is 41.6 Å². The molecule has 2 aromatic carbocycles. The van der Waals surface area contributed by atoms with Crippen LogP contribution >= 0.6 is 0 Å². The summed E-state index contributed by atoms with van der Waals surface area (Å²) in [7, 11) is -1.50. The second-order valence-electron chi connectivity index (χ2n) is 7.61. The van der Waals surface area contributed by atoms with Gasteiger partial charge >= 0.3 is 0 Å². The number of carbonyl (C=O) groups excluding carboxylic acids is 1. The van der Waals surface area contributed by atoms with Crippen LogP contribution in [0.15, 0.2) is 47.6 Å². The van der Waals surface area contributed by atoms with Crippen molar-refractivity contribution in [3.05, 3.63) is 59.4 Å². The largest absolute Gasteiger partial charge is 0.393 e. The van der Waals surface area contributed by atoms with Crippen LogP contribution in [0, 0.1) is 5.82 Å². The molecule has 166 valence electrons. The zero-order valence-electron chi connectivity index (χ0n) is 17.2. The SMILES string of the molecule is CC(O)Cc1ccc(-c2ccc(C3=NOC(CC(C(=O)NO)S(C)=O)C3)cc2F)cc1. The van der Waals surface area contributed by atoms with Crippen molar-refractivity contribution in [1.82, 2.24) is 5.48 Å². The Morgan fingerprint density at radius 2 is 1.97 bits per heavy atom. The quantitative estimate of drug-likeness (QED) is 0.425. The van der Waals surface area contributed by atoms with Gasteiger partial charge in [0.2, 0.25) is 0 Å². The Bertz CT molecular complexity index is 994. The lowest BCUT2D eigenvalue weighted by atomic mass is 9.97. The van der Waals surface area contributed by atoms with E-state index >= 15 is 0 Å². The van der Waals surface area contributed by atoms with Crippen LogP contribution in [-0.4, -0.2) is 49.9 Å². The van der Waals surface area contributed by atoms with Crippen LogP contribution in [0.2, 0.25) is 0 Å². The minimum atomic E-state index is -1.50. The molecule has 4 atom stereocenters. The second kappa shape index (κ2) is 10.1.